The van der Waals surface area contributed by atoms with Crippen LogP contribution in [0, 0.1) is 52.3 Å². The minimum absolute atomic E-state index is 0.433. The van der Waals surface area contributed by atoms with Gasteiger partial charge in [-0.1, -0.05) is 72.1 Å². The number of ether oxygens (including phenoxy) is 1. The Balaban J connectivity index is 1.18. The molecule has 0 saturated heterocycles. The molecular weight excluding hydrogens is 412 g/mol. The van der Waals surface area contributed by atoms with Gasteiger partial charge in [0, 0.05) is 11.5 Å². The van der Waals surface area contributed by atoms with Crippen LogP contribution in [-0.2, 0) is 0 Å². The molecule has 4 saturated carbocycles. The Morgan fingerprint density at radius 1 is 0.912 bits per heavy atom. The fourth-order valence-corrected chi connectivity index (χ4v) is 10.8. The van der Waals surface area contributed by atoms with E-state index in [-0.39, 0.29) is 0 Å². The Morgan fingerprint density at radius 2 is 1.71 bits per heavy atom. The number of fused-ring (bicyclic) bond motifs is 8. The molecule has 0 spiro atoms. The predicted octanol–water partition coefficient (Wildman–Crippen LogP) is 9.26. The maximum Gasteiger partial charge on any atom is 0.123 e. The standard InChI is InChI=1S/C33H50O/c1-21(2)9-8-10-22(3)27-15-16-28-25-14-13-23-19-26-24-11-6-7-12-30(24)34-31(26)20-33(23,5)29(25)17-18-32(27,28)4/h6-7,11-12,21-23,25-29,31H,8-10,13-20H2,1-5H3/t22-,23+,25+,26+,27-,28+,29+,31+,32-,33+/m1/s1. The number of benzene rings is 1. The Hall–Kier alpha value is -0.980. The molecule has 0 amide bonds. The topological polar surface area (TPSA) is 9.23 Å². The highest BCUT2D eigenvalue weighted by atomic mass is 16.5. The molecule has 0 bridgehead atoms. The maximum atomic E-state index is 6.61. The van der Waals surface area contributed by atoms with Gasteiger partial charge in [0.05, 0.1) is 0 Å². The summed E-state index contributed by atoms with van der Waals surface area (Å²) >= 11 is 0. The van der Waals surface area contributed by atoms with Crippen LogP contribution in [0.25, 0.3) is 0 Å². The second-order valence-electron chi connectivity index (χ2n) is 14.4. The van der Waals surface area contributed by atoms with Crippen molar-refractivity contribution in [2.24, 2.45) is 52.3 Å². The molecule has 34 heavy (non-hydrogen) atoms. The molecule has 188 valence electrons. The van der Waals surface area contributed by atoms with Crippen molar-refractivity contribution >= 4 is 0 Å². The average Bonchev–Trinajstić information content (AvgIpc) is 3.33. The fourth-order valence-electron chi connectivity index (χ4n) is 10.8. The van der Waals surface area contributed by atoms with Gasteiger partial charge in [-0.15, -0.1) is 0 Å². The first-order chi connectivity index (χ1) is 16.3. The molecule has 10 atom stereocenters. The third kappa shape index (κ3) is 3.53. The van der Waals surface area contributed by atoms with Gasteiger partial charge in [0.15, 0.2) is 0 Å². The molecule has 1 heterocycles. The summed E-state index contributed by atoms with van der Waals surface area (Å²) in [6, 6.07) is 8.94. The van der Waals surface area contributed by atoms with Crippen LogP contribution >= 0.6 is 0 Å². The number of rotatable bonds is 5. The minimum atomic E-state index is 0.433. The van der Waals surface area contributed by atoms with Gasteiger partial charge in [-0.2, -0.15) is 0 Å². The van der Waals surface area contributed by atoms with Gasteiger partial charge in [0.1, 0.15) is 11.9 Å². The number of hydrogen-bond donors (Lipinski definition) is 0. The van der Waals surface area contributed by atoms with Crippen molar-refractivity contribution < 1.29 is 4.74 Å². The van der Waals surface area contributed by atoms with Gasteiger partial charge in [0.2, 0.25) is 0 Å². The SMILES string of the molecule is CC(C)CCC[C@@H](C)[C@H]1CC[C@H]2[C@@H]3CC[C@H]4C[C@H]5c6ccccc6O[C@H]5C[C@]4(C)[C@H]3CC[C@]12C. The van der Waals surface area contributed by atoms with Crippen molar-refractivity contribution in [3.05, 3.63) is 29.8 Å². The van der Waals surface area contributed by atoms with E-state index in [9.17, 15) is 0 Å². The zero-order valence-electron chi connectivity index (χ0n) is 22.7. The molecule has 1 heteroatoms. The minimum Gasteiger partial charge on any atom is -0.489 e. The van der Waals surface area contributed by atoms with Crippen molar-refractivity contribution in [2.45, 2.75) is 117 Å². The maximum absolute atomic E-state index is 6.61. The number of hydrogen-bond acceptors (Lipinski definition) is 1. The summed E-state index contributed by atoms with van der Waals surface area (Å²) < 4.78 is 6.61. The number of para-hydroxylation sites is 1. The largest absolute Gasteiger partial charge is 0.489 e. The highest BCUT2D eigenvalue weighted by molar-refractivity contribution is 5.42. The second kappa shape index (κ2) is 8.55. The Morgan fingerprint density at radius 3 is 2.53 bits per heavy atom. The van der Waals surface area contributed by atoms with Crippen LogP contribution in [0.5, 0.6) is 5.75 Å². The molecule has 6 rings (SSSR count). The van der Waals surface area contributed by atoms with E-state index in [4.69, 9.17) is 4.74 Å². The monoisotopic (exact) mass is 462 g/mol. The molecule has 4 fully saturated rings. The van der Waals surface area contributed by atoms with Gasteiger partial charge >= 0.3 is 0 Å². The van der Waals surface area contributed by atoms with E-state index in [0.717, 1.165) is 41.4 Å². The van der Waals surface area contributed by atoms with E-state index in [1.54, 1.807) is 0 Å². The third-order valence-electron chi connectivity index (χ3n) is 12.5. The highest BCUT2D eigenvalue weighted by Gasteiger charge is 2.62. The van der Waals surface area contributed by atoms with E-state index in [1.165, 1.54) is 81.9 Å². The predicted molar refractivity (Wildman–Crippen MR) is 142 cm³/mol. The summed E-state index contributed by atoms with van der Waals surface area (Å²) in [5.41, 5.74) is 2.62. The van der Waals surface area contributed by atoms with Crippen molar-refractivity contribution in [3.63, 3.8) is 0 Å². The summed E-state index contributed by atoms with van der Waals surface area (Å²) in [6.07, 6.45) is 16.4. The van der Waals surface area contributed by atoms with E-state index < -0.39 is 0 Å². The first kappa shape index (κ1) is 23.4. The van der Waals surface area contributed by atoms with Gasteiger partial charge in [-0.05, 0) is 110 Å². The van der Waals surface area contributed by atoms with Crippen LogP contribution < -0.4 is 4.74 Å². The Bertz CT molecular complexity index is 888. The molecule has 4 aliphatic carbocycles. The van der Waals surface area contributed by atoms with Crippen molar-refractivity contribution in [2.75, 3.05) is 0 Å². The van der Waals surface area contributed by atoms with Crippen molar-refractivity contribution in [1.29, 1.82) is 0 Å². The summed E-state index contributed by atoms with van der Waals surface area (Å²) in [6.45, 7) is 12.8. The highest BCUT2D eigenvalue weighted by Crippen LogP contribution is 2.69. The summed E-state index contributed by atoms with van der Waals surface area (Å²) in [5, 5.41) is 0. The van der Waals surface area contributed by atoms with E-state index in [0.29, 0.717) is 22.9 Å². The van der Waals surface area contributed by atoms with Gasteiger partial charge in [0.25, 0.3) is 0 Å². The van der Waals surface area contributed by atoms with Crippen LogP contribution in [0.2, 0.25) is 0 Å². The molecule has 0 unspecified atom stereocenters. The van der Waals surface area contributed by atoms with Crippen molar-refractivity contribution in [1.82, 2.24) is 0 Å². The van der Waals surface area contributed by atoms with E-state index in [2.05, 4.69) is 58.9 Å². The van der Waals surface area contributed by atoms with Crippen molar-refractivity contribution in [3.8, 4) is 5.75 Å². The second-order valence-corrected chi connectivity index (χ2v) is 14.4. The van der Waals surface area contributed by atoms with E-state index >= 15 is 0 Å². The van der Waals surface area contributed by atoms with Crippen LogP contribution in [0.4, 0.5) is 0 Å². The molecule has 1 aliphatic heterocycles. The lowest BCUT2D eigenvalue weighted by Crippen LogP contribution is -2.55. The zero-order chi connectivity index (χ0) is 23.7. The molecule has 0 radical (unpaired) electrons. The van der Waals surface area contributed by atoms with Crippen LogP contribution in [0.1, 0.15) is 117 Å². The molecular formula is C33H50O. The lowest BCUT2D eigenvalue weighted by Gasteiger charge is -2.61. The van der Waals surface area contributed by atoms with Crippen LogP contribution in [0.15, 0.2) is 24.3 Å². The van der Waals surface area contributed by atoms with Crippen LogP contribution in [0.3, 0.4) is 0 Å². The quantitative estimate of drug-likeness (QED) is 0.423. The van der Waals surface area contributed by atoms with Gasteiger partial charge in [-0.3, -0.25) is 0 Å². The average molecular weight is 463 g/mol. The molecule has 0 N–H and O–H groups in total. The summed E-state index contributed by atoms with van der Waals surface area (Å²) in [4.78, 5) is 0. The molecule has 1 aromatic rings. The fraction of sp³-hybridized carbons (Fsp3) is 0.818. The first-order valence-electron chi connectivity index (χ1n) is 15.1. The summed E-state index contributed by atoms with van der Waals surface area (Å²) in [5.74, 6) is 8.40. The first-order valence-corrected chi connectivity index (χ1v) is 15.1. The van der Waals surface area contributed by atoms with E-state index in [1.807, 2.05) is 0 Å². The molecule has 1 aromatic carbocycles. The lowest BCUT2D eigenvalue weighted by molar-refractivity contribution is -0.131. The molecule has 1 nitrogen and oxygen atoms in total. The lowest BCUT2D eigenvalue weighted by atomic mass is 9.43. The van der Waals surface area contributed by atoms with Gasteiger partial charge in [-0.25, -0.2) is 0 Å². The third-order valence-corrected chi connectivity index (χ3v) is 12.5. The molecule has 0 aromatic heterocycles. The smallest absolute Gasteiger partial charge is 0.123 e. The van der Waals surface area contributed by atoms with Crippen LogP contribution in [-0.4, -0.2) is 6.10 Å². The van der Waals surface area contributed by atoms with Gasteiger partial charge < -0.3 is 4.74 Å². The zero-order valence-corrected chi connectivity index (χ0v) is 22.7. The normalized spacial score (nSPS) is 45.5. The molecule has 5 aliphatic rings. The Kier molecular flexibility index (Phi) is 5.89. The summed E-state index contributed by atoms with van der Waals surface area (Å²) in [7, 11) is 0. The Labute approximate surface area is 209 Å².